The van der Waals surface area contributed by atoms with Crippen LogP contribution in [-0.4, -0.2) is 52.4 Å². The lowest BCUT2D eigenvalue weighted by Gasteiger charge is -2.43. The molecule has 14 heavy (non-hydrogen) atoms. The number of carbonyl (C=O) groups is 2. The lowest BCUT2D eigenvalue weighted by molar-refractivity contribution is -0.153. The first kappa shape index (κ1) is 10.5. The van der Waals surface area contributed by atoms with Gasteiger partial charge in [-0.2, -0.15) is 0 Å². The lowest BCUT2D eigenvalue weighted by atomic mass is 9.93. The number of hydrogen-bond donors (Lipinski definition) is 2. The summed E-state index contributed by atoms with van der Waals surface area (Å²) in [6, 6.07) is 0. The number of hydrogen-bond acceptors (Lipinski definition) is 3. The number of aliphatic carboxylic acids is 1. The average Bonchev–Trinajstić information content (AvgIpc) is 2.11. The van der Waals surface area contributed by atoms with E-state index < -0.39 is 11.5 Å². The van der Waals surface area contributed by atoms with Gasteiger partial charge in [-0.25, -0.2) is 4.79 Å². The third-order valence-electron chi connectivity index (χ3n) is 2.71. The zero-order chi connectivity index (χ0) is 11.1. The molecule has 6 heteroatoms. The molecule has 0 bridgehead atoms. The highest BCUT2D eigenvalue weighted by atomic mass is 16.4. The Kier molecular flexibility index (Phi) is 2.22. The zero-order valence-corrected chi connectivity index (χ0v) is 8.37. The number of carboxylic acids is 1. The monoisotopic (exact) mass is 199 g/mol. The molecule has 1 rings (SSSR count). The van der Waals surface area contributed by atoms with E-state index in [4.69, 9.17) is 10.5 Å². The molecule has 0 unspecified atom stereocenters. The normalized spacial score (nSPS) is 28.2. The smallest absolute Gasteiger partial charge is 0.329 e. The van der Waals surface area contributed by atoms with Crippen molar-refractivity contribution in [2.45, 2.75) is 18.9 Å². The molecule has 1 amide bonds. The van der Waals surface area contributed by atoms with Crippen LogP contribution in [0.2, 0.25) is 0 Å². The van der Waals surface area contributed by atoms with Crippen molar-refractivity contribution in [3.05, 3.63) is 0 Å². The van der Waals surface area contributed by atoms with Gasteiger partial charge in [-0.3, -0.25) is 15.1 Å². The molecule has 0 spiro atoms. The van der Waals surface area contributed by atoms with Crippen LogP contribution < -0.4 is 0 Å². The standard InChI is InChI=1S/C8H13N3O3/c1-8(6(13)14)4-5(12)10(2)7(9)11(8)3/h9H,4H2,1-3H3,(H,13,14)/t8-/m0/s1. The third-order valence-corrected chi connectivity index (χ3v) is 2.71. The summed E-state index contributed by atoms with van der Waals surface area (Å²) < 4.78 is 0. The predicted octanol–water partition coefficient (Wildman–Crippen LogP) is -0.442. The summed E-state index contributed by atoms with van der Waals surface area (Å²) in [5, 5.41) is 16.5. The van der Waals surface area contributed by atoms with E-state index in [1.807, 2.05) is 0 Å². The van der Waals surface area contributed by atoms with Gasteiger partial charge in [-0.15, -0.1) is 0 Å². The van der Waals surface area contributed by atoms with Gasteiger partial charge in [0.25, 0.3) is 0 Å². The van der Waals surface area contributed by atoms with Gasteiger partial charge < -0.3 is 10.0 Å². The molecule has 0 aliphatic carbocycles. The second-order valence-corrected chi connectivity index (χ2v) is 3.59. The van der Waals surface area contributed by atoms with Crippen LogP contribution in [0.25, 0.3) is 0 Å². The van der Waals surface area contributed by atoms with E-state index >= 15 is 0 Å². The summed E-state index contributed by atoms with van der Waals surface area (Å²) in [7, 11) is 2.96. The number of likely N-dealkylation sites (N-methyl/N-ethyl adjacent to an activating group) is 1. The third kappa shape index (κ3) is 1.23. The minimum atomic E-state index is -1.30. The highest BCUT2D eigenvalue weighted by molar-refractivity contribution is 6.03. The fourth-order valence-corrected chi connectivity index (χ4v) is 1.33. The molecule has 1 aliphatic heterocycles. The van der Waals surface area contributed by atoms with Crippen LogP contribution in [-0.2, 0) is 9.59 Å². The first-order valence-electron chi connectivity index (χ1n) is 4.13. The Bertz CT molecular complexity index is 315. The van der Waals surface area contributed by atoms with Crippen molar-refractivity contribution in [2.24, 2.45) is 0 Å². The van der Waals surface area contributed by atoms with Crippen molar-refractivity contribution in [1.29, 1.82) is 5.41 Å². The van der Waals surface area contributed by atoms with Crippen molar-refractivity contribution < 1.29 is 14.7 Å². The van der Waals surface area contributed by atoms with Crippen molar-refractivity contribution in [2.75, 3.05) is 14.1 Å². The molecule has 0 radical (unpaired) electrons. The number of nitrogens with zero attached hydrogens (tertiary/aromatic N) is 2. The van der Waals surface area contributed by atoms with Gasteiger partial charge in [0.1, 0.15) is 5.54 Å². The first-order valence-corrected chi connectivity index (χ1v) is 4.13. The SMILES string of the molecule is CN1C(=N)N(C)[C@](C)(C(=O)O)CC1=O. The molecule has 2 N–H and O–H groups in total. The van der Waals surface area contributed by atoms with Crippen molar-refractivity contribution in [1.82, 2.24) is 9.80 Å². The lowest BCUT2D eigenvalue weighted by Crippen LogP contribution is -2.63. The fraction of sp³-hybridized carbons (Fsp3) is 0.625. The van der Waals surface area contributed by atoms with Crippen LogP contribution >= 0.6 is 0 Å². The number of carboxylic acid groups (broad SMARTS) is 1. The van der Waals surface area contributed by atoms with E-state index in [9.17, 15) is 9.59 Å². The molecule has 0 aromatic heterocycles. The number of amides is 1. The van der Waals surface area contributed by atoms with Crippen LogP contribution in [0.1, 0.15) is 13.3 Å². The van der Waals surface area contributed by atoms with Crippen LogP contribution in [0.4, 0.5) is 0 Å². The molecule has 1 saturated heterocycles. The maximum absolute atomic E-state index is 11.4. The summed E-state index contributed by atoms with van der Waals surface area (Å²) in [6.45, 7) is 1.44. The van der Waals surface area contributed by atoms with Gasteiger partial charge in [-0.1, -0.05) is 0 Å². The minimum absolute atomic E-state index is 0.0915. The first-order chi connectivity index (χ1) is 6.30. The Morgan fingerprint density at radius 2 is 2.07 bits per heavy atom. The Morgan fingerprint density at radius 1 is 1.57 bits per heavy atom. The molecule has 78 valence electrons. The van der Waals surface area contributed by atoms with E-state index in [0.717, 1.165) is 4.90 Å². The van der Waals surface area contributed by atoms with Crippen LogP contribution in [0.15, 0.2) is 0 Å². The van der Waals surface area contributed by atoms with E-state index in [1.165, 1.54) is 25.9 Å². The Hall–Kier alpha value is -1.59. The Morgan fingerprint density at radius 3 is 2.50 bits per heavy atom. The zero-order valence-electron chi connectivity index (χ0n) is 8.37. The summed E-state index contributed by atoms with van der Waals surface area (Å²) in [5.41, 5.74) is -1.30. The predicted molar refractivity (Wildman–Crippen MR) is 48.9 cm³/mol. The van der Waals surface area contributed by atoms with Crippen LogP contribution in [0, 0.1) is 5.41 Å². The van der Waals surface area contributed by atoms with Gasteiger partial charge in [0.2, 0.25) is 11.9 Å². The number of guanidine groups is 1. The van der Waals surface area contributed by atoms with Crippen LogP contribution in [0.3, 0.4) is 0 Å². The van der Waals surface area contributed by atoms with Gasteiger partial charge in [0.05, 0.1) is 6.42 Å². The summed E-state index contributed by atoms with van der Waals surface area (Å²) in [6.07, 6.45) is -0.113. The molecule has 1 heterocycles. The quantitative estimate of drug-likeness (QED) is 0.599. The second kappa shape index (κ2) is 2.97. The summed E-state index contributed by atoms with van der Waals surface area (Å²) in [5.74, 6) is -1.53. The molecule has 0 aromatic carbocycles. The number of carbonyl (C=O) groups excluding carboxylic acids is 1. The van der Waals surface area contributed by atoms with Gasteiger partial charge in [0.15, 0.2) is 0 Å². The van der Waals surface area contributed by atoms with Crippen molar-refractivity contribution >= 4 is 17.8 Å². The highest BCUT2D eigenvalue weighted by Gasteiger charge is 2.46. The Balaban J connectivity index is 3.08. The molecule has 1 fully saturated rings. The summed E-state index contributed by atoms with van der Waals surface area (Å²) >= 11 is 0. The second-order valence-electron chi connectivity index (χ2n) is 3.59. The van der Waals surface area contributed by atoms with Crippen LogP contribution in [0.5, 0.6) is 0 Å². The van der Waals surface area contributed by atoms with Crippen molar-refractivity contribution in [3.8, 4) is 0 Å². The van der Waals surface area contributed by atoms with Gasteiger partial charge in [-0.05, 0) is 6.92 Å². The number of nitrogens with one attached hydrogen (secondary N) is 1. The Labute approximate surface area is 81.6 Å². The average molecular weight is 199 g/mol. The molecule has 6 nitrogen and oxygen atoms in total. The molecule has 1 atom stereocenters. The summed E-state index contributed by atoms with van der Waals surface area (Å²) in [4.78, 5) is 24.8. The van der Waals surface area contributed by atoms with E-state index in [0.29, 0.717) is 0 Å². The largest absolute Gasteiger partial charge is 0.479 e. The number of rotatable bonds is 1. The van der Waals surface area contributed by atoms with E-state index in [-0.39, 0.29) is 18.3 Å². The molecule has 0 saturated carbocycles. The highest BCUT2D eigenvalue weighted by Crippen LogP contribution is 2.25. The maximum atomic E-state index is 11.4. The van der Waals surface area contributed by atoms with Crippen molar-refractivity contribution in [3.63, 3.8) is 0 Å². The minimum Gasteiger partial charge on any atom is -0.479 e. The molecular formula is C8H13N3O3. The fourth-order valence-electron chi connectivity index (χ4n) is 1.33. The van der Waals surface area contributed by atoms with Gasteiger partial charge >= 0.3 is 5.97 Å². The van der Waals surface area contributed by atoms with E-state index in [1.54, 1.807) is 0 Å². The van der Waals surface area contributed by atoms with Gasteiger partial charge in [0, 0.05) is 14.1 Å². The maximum Gasteiger partial charge on any atom is 0.329 e. The molecule has 0 aromatic rings. The molecule has 1 aliphatic rings. The topological polar surface area (TPSA) is 84.7 Å². The molecular weight excluding hydrogens is 186 g/mol. The van der Waals surface area contributed by atoms with E-state index in [2.05, 4.69) is 0 Å².